The topological polar surface area (TPSA) is 12.9 Å². The summed E-state index contributed by atoms with van der Waals surface area (Å²) in [7, 11) is 0. The molecule has 0 N–H and O–H groups in total. The summed E-state index contributed by atoms with van der Waals surface area (Å²) in [5.41, 5.74) is 7.63. The van der Waals surface area contributed by atoms with Crippen molar-refractivity contribution in [2.75, 3.05) is 0 Å². The van der Waals surface area contributed by atoms with Gasteiger partial charge in [0.25, 0.3) is 0 Å². The molecule has 1 unspecified atom stereocenters. The van der Waals surface area contributed by atoms with Crippen LogP contribution in [0.15, 0.2) is 66.9 Å². The first-order chi connectivity index (χ1) is 12.6. The number of pyridine rings is 1. The predicted molar refractivity (Wildman–Crippen MR) is 113 cm³/mol. The average Bonchev–Trinajstić information content (AvgIpc) is 2.68. The Morgan fingerprint density at radius 2 is 1.58 bits per heavy atom. The van der Waals surface area contributed by atoms with Gasteiger partial charge in [-0.25, -0.2) is 0 Å². The van der Waals surface area contributed by atoms with Crippen molar-refractivity contribution in [1.82, 2.24) is 4.98 Å². The summed E-state index contributed by atoms with van der Waals surface area (Å²) in [5, 5.41) is 0. The highest BCUT2D eigenvalue weighted by atomic mass is 14.7. The first kappa shape index (κ1) is 18.4. The molecule has 0 bridgehead atoms. The minimum atomic E-state index is 0.538. The van der Waals surface area contributed by atoms with E-state index in [4.69, 9.17) is 4.98 Å². The van der Waals surface area contributed by atoms with Crippen LogP contribution in [0.1, 0.15) is 63.5 Å². The normalized spacial score (nSPS) is 12.3. The van der Waals surface area contributed by atoms with Gasteiger partial charge in [0.05, 0.1) is 5.69 Å². The Hall–Kier alpha value is -2.41. The van der Waals surface area contributed by atoms with Gasteiger partial charge in [0.1, 0.15) is 0 Å². The van der Waals surface area contributed by atoms with Crippen molar-refractivity contribution < 1.29 is 0 Å². The Bertz CT molecular complexity index is 849. The summed E-state index contributed by atoms with van der Waals surface area (Å²) in [4.78, 5) is 4.75. The number of hydrogen-bond acceptors (Lipinski definition) is 1. The molecule has 0 aliphatic carbocycles. The summed E-state index contributed by atoms with van der Waals surface area (Å²) in [5.74, 6) is 1.11. The number of rotatable bonds is 6. The maximum Gasteiger partial charge on any atom is 0.0780 e. The van der Waals surface area contributed by atoms with Gasteiger partial charge in [-0.3, -0.25) is 4.98 Å². The molecule has 0 radical (unpaired) electrons. The molecule has 1 nitrogen and oxygen atoms in total. The van der Waals surface area contributed by atoms with E-state index in [-0.39, 0.29) is 0 Å². The van der Waals surface area contributed by atoms with Crippen LogP contribution < -0.4 is 0 Å². The van der Waals surface area contributed by atoms with Crippen LogP contribution in [0.4, 0.5) is 0 Å². The van der Waals surface area contributed by atoms with E-state index in [0.29, 0.717) is 11.8 Å². The number of aromatic nitrogens is 1. The summed E-state index contributed by atoms with van der Waals surface area (Å²) in [6.45, 7) is 9.19. The minimum Gasteiger partial charge on any atom is -0.256 e. The first-order valence-electron chi connectivity index (χ1n) is 9.76. The number of nitrogens with zero attached hydrogens (tertiary/aromatic N) is 1. The molecule has 2 aromatic carbocycles. The van der Waals surface area contributed by atoms with E-state index in [9.17, 15) is 0 Å². The molecule has 0 spiro atoms. The van der Waals surface area contributed by atoms with Crippen LogP contribution in [0.2, 0.25) is 0 Å². The third-order valence-corrected chi connectivity index (χ3v) is 5.13. The Morgan fingerprint density at radius 1 is 0.808 bits per heavy atom. The zero-order valence-electron chi connectivity index (χ0n) is 16.4. The van der Waals surface area contributed by atoms with Crippen LogP contribution in [0.25, 0.3) is 22.4 Å². The quantitative estimate of drug-likeness (QED) is 0.453. The largest absolute Gasteiger partial charge is 0.256 e. The standard InChI is InChI=1S/C25H29N/c1-5-10-19(4)24-17-21(14-15-22(24)18(2)3)25-23(13-9-16-26-25)20-11-7-6-8-12-20/h6-9,11-19H,5,10H2,1-4H3. The van der Waals surface area contributed by atoms with Crippen LogP contribution in [0.5, 0.6) is 0 Å². The lowest BCUT2D eigenvalue weighted by Crippen LogP contribution is -2.02. The second-order valence-electron chi connectivity index (χ2n) is 7.45. The molecule has 0 aliphatic rings. The molecule has 3 aromatic rings. The van der Waals surface area contributed by atoms with Gasteiger partial charge in [0, 0.05) is 17.3 Å². The Balaban J connectivity index is 2.12. The van der Waals surface area contributed by atoms with E-state index >= 15 is 0 Å². The molecular formula is C25H29N. The maximum atomic E-state index is 4.75. The minimum absolute atomic E-state index is 0.538. The van der Waals surface area contributed by atoms with E-state index in [1.165, 1.54) is 40.7 Å². The number of benzene rings is 2. The molecule has 26 heavy (non-hydrogen) atoms. The molecular weight excluding hydrogens is 314 g/mol. The van der Waals surface area contributed by atoms with Crippen LogP contribution in [0, 0.1) is 0 Å². The third kappa shape index (κ3) is 3.88. The van der Waals surface area contributed by atoms with Crippen molar-refractivity contribution >= 4 is 0 Å². The van der Waals surface area contributed by atoms with Crippen LogP contribution in [-0.2, 0) is 0 Å². The molecule has 1 heteroatoms. The van der Waals surface area contributed by atoms with Crippen molar-refractivity contribution in [3.8, 4) is 22.4 Å². The third-order valence-electron chi connectivity index (χ3n) is 5.13. The van der Waals surface area contributed by atoms with Gasteiger partial charge >= 0.3 is 0 Å². The highest BCUT2D eigenvalue weighted by Crippen LogP contribution is 2.35. The fourth-order valence-electron chi connectivity index (χ4n) is 3.75. The summed E-state index contributed by atoms with van der Waals surface area (Å²) >= 11 is 0. The van der Waals surface area contributed by atoms with Crippen molar-refractivity contribution in [2.24, 2.45) is 0 Å². The first-order valence-corrected chi connectivity index (χ1v) is 9.76. The zero-order valence-corrected chi connectivity index (χ0v) is 16.4. The Labute approximate surface area is 158 Å². The lowest BCUT2D eigenvalue weighted by molar-refractivity contribution is 0.651. The fraction of sp³-hybridized carbons (Fsp3) is 0.320. The Morgan fingerprint density at radius 3 is 2.27 bits per heavy atom. The molecule has 0 fully saturated rings. The Kier molecular flexibility index (Phi) is 5.88. The van der Waals surface area contributed by atoms with Crippen LogP contribution in [0.3, 0.4) is 0 Å². The average molecular weight is 344 g/mol. The van der Waals surface area contributed by atoms with Gasteiger partial charge < -0.3 is 0 Å². The monoisotopic (exact) mass is 343 g/mol. The van der Waals surface area contributed by atoms with Crippen molar-refractivity contribution in [3.05, 3.63) is 78.0 Å². The maximum absolute atomic E-state index is 4.75. The molecule has 0 amide bonds. The molecule has 134 valence electrons. The van der Waals surface area contributed by atoms with Gasteiger partial charge in [0.2, 0.25) is 0 Å². The lowest BCUT2D eigenvalue weighted by Gasteiger charge is -2.20. The summed E-state index contributed by atoms with van der Waals surface area (Å²) < 4.78 is 0. The molecule has 1 atom stereocenters. The SMILES string of the molecule is CCCC(C)c1cc(-c2ncccc2-c2ccccc2)ccc1C(C)C. The highest BCUT2D eigenvalue weighted by molar-refractivity contribution is 5.81. The second kappa shape index (κ2) is 8.31. The summed E-state index contributed by atoms with van der Waals surface area (Å²) in [6.07, 6.45) is 4.33. The molecule has 1 aromatic heterocycles. The van der Waals surface area contributed by atoms with Gasteiger partial charge in [-0.15, -0.1) is 0 Å². The van der Waals surface area contributed by atoms with E-state index in [2.05, 4.69) is 82.3 Å². The van der Waals surface area contributed by atoms with Crippen LogP contribution in [-0.4, -0.2) is 4.98 Å². The smallest absolute Gasteiger partial charge is 0.0780 e. The molecule has 0 saturated heterocycles. The summed E-state index contributed by atoms with van der Waals surface area (Å²) in [6, 6.07) is 21.7. The van der Waals surface area contributed by atoms with E-state index in [1.807, 2.05) is 12.3 Å². The molecule has 3 rings (SSSR count). The van der Waals surface area contributed by atoms with Crippen molar-refractivity contribution in [3.63, 3.8) is 0 Å². The zero-order chi connectivity index (χ0) is 18.5. The van der Waals surface area contributed by atoms with E-state index in [0.717, 1.165) is 5.69 Å². The van der Waals surface area contributed by atoms with E-state index in [1.54, 1.807) is 0 Å². The highest BCUT2D eigenvalue weighted by Gasteiger charge is 2.16. The molecule has 1 heterocycles. The van der Waals surface area contributed by atoms with Gasteiger partial charge in [-0.05, 0) is 47.1 Å². The van der Waals surface area contributed by atoms with Crippen LogP contribution >= 0.6 is 0 Å². The fourth-order valence-corrected chi connectivity index (χ4v) is 3.75. The second-order valence-corrected chi connectivity index (χ2v) is 7.45. The predicted octanol–water partition coefficient (Wildman–Crippen LogP) is 7.44. The van der Waals surface area contributed by atoms with Crippen molar-refractivity contribution in [2.45, 2.75) is 52.4 Å². The van der Waals surface area contributed by atoms with E-state index < -0.39 is 0 Å². The van der Waals surface area contributed by atoms with Crippen molar-refractivity contribution in [1.29, 1.82) is 0 Å². The molecule has 0 saturated carbocycles. The van der Waals surface area contributed by atoms with Gasteiger partial charge in [0.15, 0.2) is 0 Å². The molecule has 0 aliphatic heterocycles. The number of hydrogen-bond donors (Lipinski definition) is 0. The lowest BCUT2D eigenvalue weighted by atomic mass is 9.85. The van der Waals surface area contributed by atoms with Gasteiger partial charge in [-0.1, -0.05) is 82.6 Å². The van der Waals surface area contributed by atoms with Gasteiger partial charge in [-0.2, -0.15) is 0 Å².